The number of halogens is 1. The third-order valence-corrected chi connectivity index (χ3v) is 3.16. The molecule has 2 aromatic rings. The van der Waals surface area contributed by atoms with Gasteiger partial charge < -0.3 is 14.9 Å². The molecular formula is C12H9BrN4O3. The number of ether oxygens (including phenoxy) is 1. The van der Waals surface area contributed by atoms with E-state index in [0.29, 0.717) is 22.3 Å². The number of nitriles is 1. The Morgan fingerprint density at radius 3 is 2.90 bits per heavy atom. The van der Waals surface area contributed by atoms with Gasteiger partial charge in [-0.15, -0.1) is 0 Å². The maximum Gasteiger partial charge on any atom is 0.404 e. The van der Waals surface area contributed by atoms with Gasteiger partial charge >= 0.3 is 5.82 Å². The van der Waals surface area contributed by atoms with Crippen LogP contribution in [-0.4, -0.2) is 21.8 Å². The van der Waals surface area contributed by atoms with Crippen LogP contribution in [0, 0.1) is 21.4 Å². The van der Waals surface area contributed by atoms with Crippen LogP contribution in [0.15, 0.2) is 28.9 Å². The van der Waals surface area contributed by atoms with Gasteiger partial charge in [-0.3, -0.25) is 0 Å². The molecular weight excluding hydrogens is 328 g/mol. The third kappa shape index (κ3) is 2.78. The number of rotatable bonds is 4. The average molecular weight is 337 g/mol. The molecule has 0 N–H and O–H groups in total. The van der Waals surface area contributed by atoms with E-state index in [1.807, 2.05) is 6.07 Å². The molecule has 0 spiro atoms. The van der Waals surface area contributed by atoms with E-state index in [2.05, 4.69) is 21.0 Å². The van der Waals surface area contributed by atoms with Crippen LogP contribution in [0.3, 0.4) is 0 Å². The third-order valence-electron chi connectivity index (χ3n) is 2.60. The fourth-order valence-electron chi connectivity index (χ4n) is 1.70. The average Bonchev–Trinajstić information content (AvgIpc) is 2.79. The van der Waals surface area contributed by atoms with E-state index >= 15 is 0 Å². The molecule has 0 bridgehead atoms. The van der Waals surface area contributed by atoms with Crippen molar-refractivity contribution < 1.29 is 9.66 Å². The lowest BCUT2D eigenvalue weighted by Crippen LogP contribution is -2.02. The SMILES string of the molecule is COc1cc(Cn2cc(Br)c([N+](=O)[O-])n2)ccc1C#N. The fourth-order valence-corrected chi connectivity index (χ4v) is 2.17. The van der Waals surface area contributed by atoms with Gasteiger partial charge in [0.05, 0.1) is 30.5 Å². The van der Waals surface area contributed by atoms with E-state index in [9.17, 15) is 10.1 Å². The van der Waals surface area contributed by atoms with Crippen molar-refractivity contribution >= 4 is 21.7 Å². The van der Waals surface area contributed by atoms with Gasteiger partial charge in [-0.25, -0.2) is 0 Å². The first-order valence-electron chi connectivity index (χ1n) is 5.49. The summed E-state index contributed by atoms with van der Waals surface area (Å²) in [6.45, 7) is 0.342. The minimum Gasteiger partial charge on any atom is -0.495 e. The van der Waals surface area contributed by atoms with E-state index in [1.165, 1.54) is 18.0 Å². The van der Waals surface area contributed by atoms with Gasteiger partial charge in [-0.1, -0.05) is 6.07 Å². The maximum absolute atomic E-state index is 10.7. The van der Waals surface area contributed by atoms with Crippen LogP contribution < -0.4 is 4.74 Å². The van der Waals surface area contributed by atoms with Gasteiger partial charge in [0.15, 0.2) is 0 Å². The molecule has 0 unspecified atom stereocenters. The van der Waals surface area contributed by atoms with Gasteiger partial charge in [0.25, 0.3) is 0 Å². The Labute approximate surface area is 122 Å². The number of hydrogen-bond acceptors (Lipinski definition) is 5. The molecule has 1 heterocycles. The zero-order valence-corrected chi connectivity index (χ0v) is 12.0. The molecule has 1 aromatic carbocycles. The van der Waals surface area contributed by atoms with Gasteiger partial charge in [-0.2, -0.15) is 9.94 Å². The van der Waals surface area contributed by atoms with Crippen LogP contribution >= 0.6 is 15.9 Å². The molecule has 0 aliphatic heterocycles. The highest BCUT2D eigenvalue weighted by Crippen LogP contribution is 2.24. The van der Waals surface area contributed by atoms with E-state index in [1.54, 1.807) is 18.2 Å². The first kappa shape index (κ1) is 14.0. The fraction of sp³-hybridized carbons (Fsp3) is 0.167. The highest BCUT2D eigenvalue weighted by Gasteiger charge is 2.18. The van der Waals surface area contributed by atoms with Gasteiger partial charge in [0.1, 0.15) is 16.3 Å². The summed E-state index contributed by atoms with van der Waals surface area (Å²) in [5.74, 6) is 0.233. The van der Waals surface area contributed by atoms with Crippen LogP contribution in [0.1, 0.15) is 11.1 Å². The molecule has 1 aromatic heterocycles. The first-order valence-corrected chi connectivity index (χ1v) is 6.29. The molecule has 0 saturated carbocycles. The van der Waals surface area contributed by atoms with Gasteiger partial charge in [0.2, 0.25) is 0 Å². The predicted octanol–water partition coefficient (Wildman–Crippen LogP) is 2.48. The summed E-state index contributed by atoms with van der Waals surface area (Å²) in [5.41, 5.74) is 1.26. The summed E-state index contributed by atoms with van der Waals surface area (Å²) in [4.78, 5) is 10.2. The van der Waals surface area contributed by atoms with Crippen molar-refractivity contribution in [2.45, 2.75) is 6.54 Å². The Bertz CT molecular complexity index is 705. The van der Waals surface area contributed by atoms with Crippen LogP contribution in [-0.2, 0) is 6.54 Å². The summed E-state index contributed by atoms with van der Waals surface area (Å²) < 4.78 is 6.88. The zero-order valence-electron chi connectivity index (χ0n) is 10.4. The highest BCUT2D eigenvalue weighted by atomic mass is 79.9. The second kappa shape index (κ2) is 5.71. The van der Waals surface area contributed by atoms with Gasteiger partial charge in [0, 0.05) is 0 Å². The summed E-state index contributed by atoms with van der Waals surface area (Å²) in [6.07, 6.45) is 1.53. The first-order chi connectivity index (χ1) is 9.55. The predicted molar refractivity (Wildman–Crippen MR) is 73.4 cm³/mol. The Morgan fingerprint density at radius 2 is 2.35 bits per heavy atom. The van der Waals surface area contributed by atoms with E-state index in [-0.39, 0.29) is 5.82 Å². The number of nitro groups is 1. The minimum absolute atomic E-state index is 0.231. The lowest BCUT2D eigenvalue weighted by atomic mass is 10.1. The summed E-state index contributed by atoms with van der Waals surface area (Å²) in [7, 11) is 1.48. The maximum atomic E-state index is 10.7. The lowest BCUT2D eigenvalue weighted by Gasteiger charge is -2.05. The van der Waals surface area contributed by atoms with E-state index < -0.39 is 4.92 Å². The van der Waals surface area contributed by atoms with Crippen molar-refractivity contribution in [1.29, 1.82) is 5.26 Å². The topological polar surface area (TPSA) is 94.0 Å². The molecule has 102 valence electrons. The number of benzene rings is 1. The molecule has 20 heavy (non-hydrogen) atoms. The summed E-state index contributed by atoms with van der Waals surface area (Å²) in [5, 5.41) is 23.5. The number of aromatic nitrogens is 2. The molecule has 0 aliphatic rings. The zero-order chi connectivity index (χ0) is 14.7. The second-order valence-electron chi connectivity index (χ2n) is 3.90. The van der Waals surface area contributed by atoms with Crippen LogP contribution in [0.25, 0.3) is 0 Å². The van der Waals surface area contributed by atoms with Crippen molar-refractivity contribution in [3.8, 4) is 11.8 Å². The quantitative estimate of drug-likeness (QED) is 0.631. The molecule has 0 saturated heterocycles. The highest BCUT2D eigenvalue weighted by molar-refractivity contribution is 9.10. The smallest absolute Gasteiger partial charge is 0.404 e. The molecule has 0 atom stereocenters. The molecule has 0 amide bonds. The van der Waals surface area contributed by atoms with Crippen molar-refractivity contribution in [3.63, 3.8) is 0 Å². The van der Waals surface area contributed by atoms with Crippen molar-refractivity contribution in [2.75, 3.05) is 7.11 Å². The Balaban J connectivity index is 2.29. The Hall–Kier alpha value is -2.40. The van der Waals surface area contributed by atoms with Crippen LogP contribution in [0.5, 0.6) is 5.75 Å². The van der Waals surface area contributed by atoms with Crippen molar-refractivity contribution in [3.05, 3.63) is 50.1 Å². The number of nitrogens with zero attached hydrogens (tertiary/aromatic N) is 4. The molecule has 7 nitrogen and oxygen atoms in total. The minimum atomic E-state index is -0.556. The number of hydrogen-bond donors (Lipinski definition) is 0. The second-order valence-corrected chi connectivity index (χ2v) is 4.76. The molecule has 0 aliphatic carbocycles. The molecule has 0 fully saturated rings. The summed E-state index contributed by atoms with van der Waals surface area (Å²) >= 11 is 3.09. The Kier molecular flexibility index (Phi) is 4.00. The molecule has 0 radical (unpaired) electrons. The normalized spacial score (nSPS) is 10.1. The monoisotopic (exact) mass is 336 g/mol. The van der Waals surface area contributed by atoms with Gasteiger partial charge in [-0.05, 0) is 38.5 Å². The standard InChI is InChI=1S/C12H9BrN4O3/c1-20-11-4-8(2-3-9(11)5-14)6-16-7-10(13)12(15-16)17(18)19/h2-4,7H,6H2,1H3. The summed E-state index contributed by atoms with van der Waals surface area (Å²) in [6, 6.07) is 7.12. The van der Waals surface area contributed by atoms with Crippen molar-refractivity contribution in [2.24, 2.45) is 0 Å². The molecule has 2 rings (SSSR count). The van der Waals surface area contributed by atoms with Crippen LogP contribution in [0.4, 0.5) is 5.82 Å². The number of methoxy groups -OCH3 is 1. The largest absolute Gasteiger partial charge is 0.495 e. The van der Waals surface area contributed by atoms with Crippen LogP contribution in [0.2, 0.25) is 0 Å². The molecule has 8 heteroatoms. The van der Waals surface area contributed by atoms with E-state index in [4.69, 9.17) is 10.00 Å². The Morgan fingerprint density at radius 1 is 1.60 bits per heavy atom. The van der Waals surface area contributed by atoms with E-state index in [0.717, 1.165) is 5.56 Å². The lowest BCUT2D eigenvalue weighted by molar-refractivity contribution is -0.390. The van der Waals surface area contributed by atoms with Crippen molar-refractivity contribution in [1.82, 2.24) is 9.78 Å².